The van der Waals surface area contributed by atoms with Gasteiger partial charge in [0, 0.05) is 11.8 Å². The summed E-state index contributed by atoms with van der Waals surface area (Å²) >= 11 is 0. The largest absolute Gasteiger partial charge is 0.392 e. The minimum absolute atomic E-state index is 0.00175. The Balaban J connectivity index is 1.87. The number of fused-ring (bicyclic) bond motifs is 4. The van der Waals surface area contributed by atoms with E-state index in [0.717, 1.165) is 32.1 Å². The molecule has 1 fully saturated rings. The zero-order valence-electron chi connectivity index (χ0n) is 13.0. The number of aliphatic hydroxyl groups is 1. The monoisotopic (exact) mass is 284 g/mol. The van der Waals surface area contributed by atoms with Crippen molar-refractivity contribution in [1.29, 1.82) is 0 Å². The van der Waals surface area contributed by atoms with Crippen LogP contribution in [0.5, 0.6) is 0 Å². The summed E-state index contributed by atoms with van der Waals surface area (Å²) in [6.45, 7) is 4.59. The maximum Gasteiger partial charge on any atom is 0.156 e. The highest BCUT2D eigenvalue weighted by Gasteiger charge is 2.52. The molecule has 0 radical (unpaired) electrons. The number of ketones is 1. The fourth-order valence-electron chi connectivity index (χ4n) is 5.30. The molecule has 4 aliphatic rings. The third kappa shape index (κ3) is 1.66. The first-order chi connectivity index (χ1) is 9.95. The first-order valence-corrected chi connectivity index (χ1v) is 8.30. The van der Waals surface area contributed by atoms with Crippen molar-refractivity contribution >= 4 is 5.78 Å². The second kappa shape index (κ2) is 4.19. The van der Waals surface area contributed by atoms with Gasteiger partial charge in [-0.3, -0.25) is 4.79 Å². The number of allylic oxidation sites excluding steroid dienone is 5. The maximum absolute atomic E-state index is 11.7. The van der Waals surface area contributed by atoms with Gasteiger partial charge in [-0.25, -0.2) is 0 Å². The average Bonchev–Trinajstić information content (AvgIpc) is 2.76. The van der Waals surface area contributed by atoms with Gasteiger partial charge >= 0.3 is 0 Å². The standard InChI is InChI=1S/C19H24O2/c1-18-9-7-13(20)11-12(18)3-4-14-15-5-6-17(21)19(15,2)10-8-16(14)18/h3-4,11,16-17,21H,5-10H2,1-2H3/t16-,17?,18-,19-/m0/s1. The van der Waals surface area contributed by atoms with E-state index in [0.29, 0.717) is 12.3 Å². The summed E-state index contributed by atoms with van der Waals surface area (Å²) in [5.74, 6) is 0.815. The SMILES string of the molecule is C[C@]12CC[C@H]3C(=C1CCC2O)C=CC1=CC(=O)CC[C@@]13C. The molecular weight excluding hydrogens is 260 g/mol. The Hall–Kier alpha value is -1.15. The van der Waals surface area contributed by atoms with E-state index in [1.807, 2.05) is 6.08 Å². The molecule has 0 heterocycles. The van der Waals surface area contributed by atoms with E-state index < -0.39 is 0 Å². The molecule has 0 amide bonds. The Morgan fingerprint density at radius 3 is 2.71 bits per heavy atom. The summed E-state index contributed by atoms with van der Waals surface area (Å²) in [6, 6.07) is 0. The summed E-state index contributed by atoms with van der Waals surface area (Å²) in [5, 5.41) is 10.4. The van der Waals surface area contributed by atoms with Crippen LogP contribution in [0.25, 0.3) is 0 Å². The highest BCUT2D eigenvalue weighted by Crippen LogP contribution is 2.60. The van der Waals surface area contributed by atoms with Crippen LogP contribution in [0.3, 0.4) is 0 Å². The Kier molecular flexibility index (Phi) is 2.70. The van der Waals surface area contributed by atoms with Gasteiger partial charge in [-0.15, -0.1) is 0 Å². The molecule has 0 aromatic heterocycles. The molecule has 0 aromatic carbocycles. The predicted molar refractivity (Wildman–Crippen MR) is 82.7 cm³/mol. The first kappa shape index (κ1) is 13.5. The van der Waals surface area contributed by atoms with Crippen molar-refractivity contribution in [3.05, 3.63) is 34.9 Å². The van der Waals surface area contributed by atoms with E-state index in [4.69, 9.17) is 0 Å². The molecular formula is C19H24O2. The van der Waals surface area contributed by atoms with Gasteiger partial charge in [-0.2, -0.15) is 0 Å². The molecule has 0 spiro atoms. The zero-order valence-corrected chi connectivity index (χ0v) is 13.0. The number of hydrogen-bond donors (Lipinski definition) is 1. The number of carbonyl (C=O) groups is 1. The van der Waals surface area contributed by atoms with Crippen LogP contribution in [-0.4, -0.2) is 17.0 Å². The highest BCUT2D eigenvalue weighted by molar-refractivity contribution is 5.92. The lowest BCUT2D eigenvalue weighted by Gasteiger charge is -2.50. The molecule has 1 unspecified atom stereocenters. The van der Waals surface area contributed by atoms with Gasteiger partial charge in [0.15, 0.2) is 5.78 Å². The van der Waals surface area contributed by atoms with Crippen molar-refractivity contribution in [2.45, 2.75) is 58.5 Å². The molecule has 4 atom stereocenters. The number of rotatable bonds is 0. The third-order valence-electron chi connectivity index (χ3n) is 6.85. The number of carbonyl (C=O) groups excluding carboxylic acids is 1. The average molecular weight is 284 g/mol. The predicted octanol–water partition coefficient (Wildman–Crippen LogP) is 3.72. The first-order valence-electron chi connectivity index (χ1n) is 8.30. The molecule has 2 heteroatoms. The fourth-order valence-corrected chi connectivity index (χ4v) is 5.30. The molecule has 0 bridgehead atoms. The Morgan fingerprint density at radius 1 is 1.10 bits per heavy atom. The van der Waals surface area contributed by atoms with Crippen molar-refractivity contribution in [3.8, 4) is 0 Å². The van der Waals surface area contributed by atoms with Gasteiger partial charge in [0.2, 0.25) is 0 Å². The van der Waals surface area contributed by atoms with Gasteiger partial charge in [0.05, 0.1) is 6.10 Å². The van der Waals surface area contributed by atoms with Crippen LogP contribution in [0.1, 0.15) is 52.4 Å². The molecule has 1 saturated carbocycles. The smallest absolute Gasteiger partial charge is 0.156 e. The van der Waals surface area contributed by atoms with Crippen molar-refractivity contribution in [1.82, 2.24) is 0 Å². The van der Waals surface area contributed by atoms with E-state index >= 15 is 0 Å². The summed E-state index contributed by atoms with van der Waals surface area (Å²) in [4.78, 5) is 11.7. The van der Waals surface area contributed by atoms with Gasteiger partial charge < -0.3 is 5.11 Å². The van der Waals surface area contributed by atoms with Crippen LogP contribution in [0.2, 0.25) is 0 Å². The normalized spacial score (nSPS) is 45.1. The van der Waals surface area contributed by atoms with Crippen LogP contribution in [0.4, 0.5) is 0 Å². The molecule has 0 saturated heterocycles. The number of aliphatic hydroxyl groups excluding tert-OH is 1. The van der Waals surface area contributed by atoms with Gasteiger partial charge in [-0.1, -0.05) is 31.6 Å². The van der Waals surface area contributed by atoms with Crippen LogP contribution in [0.15, 0.2) is 34.9 Å². The minimum atomic E-state index is -0.174. The number of hydrogen-bond acceptors (Lipinski definition) is 2. The quantitative estimate of drug-likeness (QED) is 0.736. The Morgan fingerprint density at radius 2 is 1.90 bits per heavy atom. The molecule has 0 aliphatic heterocycles. The van der Waals surface area contributed by atoms with E-state index in [1.54, 1.807) is 0 Å². The van der Waals surface area contributed by atoms with Crippen molar-refractivity contribution in [3.63, 3.8) is 0 Å². The molecule has 112 valence electrons. The van der Waals surface area contributed by atoms with Crippen molar-refractivity contribution in [2.75, 3.05) is 0 Å². The molecule has 4 aliphatic carbocycles. The van der Waals surface area contributed by atoms with Gasteiger partial charge in [-0.05, 0) is 60.7 Å². The lowest BCUT2D eigenvalue weighted by atomic mass is 9.54. The van der Waals surface area contributed by atoms with E-state index in [9.17, 15) is 9.90 Å². The van der Waals surface area contributed by atoms with E-state index in [2.05, 4.69) is 26.0 Å². The second-order valence-electron chi connectivity index (χ2n) is 7.81. The lowest BCUT2D eigenvalue weighted by molar-refractivity contribution is -0.116. The molecule has 21 heavy (non-hydrogen) atoms. The van der Waals surface area contributed by atoms with E-state index in [-0.39, 0.29) is 22.7 Å². The third-order valence-corrected chi connectivity index (χ3v) is 6.85. The molecule has 1 N–H and O–H groups in total. The highest BCUT2D eigenvalue weighted by atomic mass is 16.3. The Labute approximate surface area is 126 Å². The van der Waals surface area contributed by atoms with Crippen LogP contribution in [0, 0.1) is 16.7 Å². The van der Waals surface area contributed by atoms with Crippen molar-refractivity contribution < 1.29 is 9.90 Å². The zero-order chi connectivity index (χ0) is 14.8. The summed E-state index contributed by atoms with van der Waals surface area (Å²) in [6.07, 6.45) is 12.0. The topological polar surface area (TPSA) is 37.3 Å². The lowest BCUT2D eigenvalue weighted by Crippen LogP contribution is -2.41. The van der Waals surface area contributed by atoms with Gasteiger partial charge in [0.25, 0.3) is 0 Å². The summed E-state index contributed by atoms with van der Waals surface area (Å²) in [5.41, 5.74) is 4.34. The van der Waals surface area contributed by atoms with Gasteiger partial charge in [0.1, 0.15) is 0 Å². The molecule has 0 aromatic rings. The fraction of sp³-hybridized carbons (Fsp3) is 0.632. The second-order valence-corrected chi connectivity index (χ2v) is 7.81. The van der Waals surface area contributed by atoms with Crippen LogP contribution in [-0.2, 0) is 4.79 Å². The van der Waals surface area contributed by atoms with E-state index in [1.165, 1.54) is 16.7 Å². The molecule has 4 rings (SSSR count). The summed E-state index contributed by atoms with van der Waals surface area (Å²) in [7, 11) is 0. The maximum atomic E-state index is 11.7. The minimum Gasteiger partial charge on any atom is -0.392 e. The van der Waals surface area contributed by atoms with Crippen LogP contribution >= 0.6 is 0 Å². The Bertz CT molecular complexity index is 609. The van der Waals surface area contributed by atoms with Crippen molar-refractivity contribution in [2.24, 2.45) is 16.7 Å². The summed E-state index contributed by atoms with van der Waals surface area (Å²) < 4.78 is 0. The van der Waals surface area contributed by atoms with Crippen LogP contribution < -0.4 is 0 Å². The molecule has 2 nitrogen and oxygen atoms in total.